The van der Waals surface area contributed by atoms with E-state index in [1.54, 1.807) is 11.1 Å². The quantitative estimate of drug-likeness (QED) is 0.185. The Kier molecular flexibility index (Phi) is 18.1. The molecule has 2 radical (unpaired) electrons. The molecular formula is C28H52Cu2N2Si5. The Balaban J connectivity index is 0. The maximum absolute atomic E-state index is 4.99. The molecule has 2 rings (SSSR count). The van der Waals surface area contributed by atoms with Crippen LogP contribution in [0.4, 0.5) is 0 Å². The van der Waals surface area contributed by atoms with Gasteiger partial charge in [-0.15, -0.1) is 29.9 Å². The molecule has 37 heavy (non-hydrogen) atoms. The van der Waals surface area contributed by atoms with Crippen molar-refractivity contribution in [2.75, 3.05) is 0 Å². The molecule has 2 aromatic heterocycles. The Morgan fingerprint density at radius 3 is 1.54 bits per heavy atom. The normalized spacial score (nSPS) is 11.8. The Labute approximate surface area is 258 Å². The molecule has 0 atom stereocenters. The van der Waals surface area contributed by atoms with Crippen molar-refractivity contribution >= 4 is 41.8 Å². The standard InChI is InChI=1S/C16H30NSi3.C12H22NSi2.2Cu/c1-18(2)11-14(12-19(3)4)16-10-8-9-15(17-16)13-20(5,6)7;1-14(2,3)12(15(4,5)6)11-9-7-8-10-13-11;;/h8-10H,11-13H2,1-7H3;7-10H,1-6H3;;/q2*-1;2*+1. The molecule has 0 unspecified atom stereocenters. The minimum absolute atomic E-state index is 0. The van der Waals surface area contributed by atoms with Gasteiger partial charge in [0.05, 0.1) is 8.07 Å². The van der Waals surface area contributed by atoms with E-state index in [0.29, 0.717) is 0 Å². The third kappa shape index (κ3) is 16.1. The van der Waals surface area contributed by atoms with E-state index in [1.165, 1.54) is 35.2 Å². The molecule has 0 aliphatic rings. The molecule has 0 aliphatic heterocycles. The first-order chi connectivity index (χ1) is 15.9. The number of nitrogens with zero attached hydrogens (tertiary/aromatic N) is 2. The fourth-order valence-corrected chi connectivity index (χ4v) is 19.5. The molecule has 0 amide bonds. The van der Waals surface area contributed by atoms with E-state index in [2.05, 4.69) is 120 Å². The summed E-state index contributed by atoms with van der Waals surface area (Å²) in [5.74, 6) is 1.63. The van der Waals surface area contributed by atoms with Crippen molar-refractivity contribution in [3.05, 3.63) is 70.8 Å². The van der Waals surface area contributed by atoms with Crippen LogP contribution in [0.2, 0.25) is 97.2 Å². The molecule has 2 nitrogen and oxygen atoms in total. The van der Waals surface area contributed by atoms with Gasteiger partial charge in [-0.2, -0.15) is 23.2 Å². The topological polar surface area (TPSA) is 25.8 Å². The summed E-state index contributed by atoms with van der Waals surface area (Å²) < 4.78 is 0. The number of hydrogen-bond acceptors (Lipinski definition) is 2. The number of rotatable bonds is 10. The smallest absolute Gasteiger partial charge is 0.296 e. The van der Waals surface area contributed by atoms with Crippen LogP contribution in [0.1, 0.15) is 17.1 Å². The fourth-order valence-electron chi connectivity index (χ4n) is 4.82. The molecule has 216 valence electrons. The fraction of sp³-hybridized carbons (Fsp3) is 0.571. The van der Waals surface area contributed by atoms with Gasteiger partial charge in [-0.1, -0.05) is 103 Å². The average Bonchev–Trinajstić information content (AvgIpc) is 2.64. The van der Waals surface area contributed by atoms with Gasteiger partial charge in [-0.05, 0) is 22.2 Å². The first-order valence-corrected chi connectivity index (χ1v) is 29.2. The largest absolute Gasteiger partial charge is 1.00 e. The van der Waals surface area contributed by atoms with E-state index in [9.17, 15) is 0 Å². The minimum Gasteiger partial charge on any atom is -0.296 e. The van der Waals surface area contributed by atoms with Crippen LogP contribution in [0.15, 0.2) is 42.6 Å². The SMILES string of the molecule is C[Si](C)(C)[C-](c1ccccn1)[Si](C)(C)C.C[Si](C)C[C-](C[Si](C)C)c1cccc(C[Si](C)(C)C)n1.[Cu+].[Cu+]. The van der Waals surface area contributed by atoms with Crippen molar-refractivity contribution in [3.63, 3.8) is 0 Å². The van der Waals surface area contributed by atoms with Gasteiger partial charge >= 0.3 is 34.1 Å². The van der Waals surface area contributed by atoms with Gasteiger partial charge in [-0.25, -0.2) is 0 Å². The molecular weight excluding hydrogens is 632 g/mol. The van der Waals surface area contributed by atoms with E-state index >= 15 is 0 Å². The molecule has 0 N–H and O–H groups in total. The van der Waals surface area contributed by atoms with Gasteiger partial charge in [0.1, 0.15) is 0 Å². The van der Waals surface area contributed by atoms with E-state index in [-0.39, 0.29) is 51.7 Å². The Morgan fingerprint density at radius 1 is 0.676 bits per heavy atom. The second-order valence-corrected chi connectivity index (χ2v) is 35.2. The molecule has 0 spiro atoms. The van der Waals surface area contributed by atoms with Gasteiger partial charge in [0.15, 0.2) is 0 Å². The van der Waals surface area contributed by atoms with Gasteiger partial charge in [0, 0.05) is 29.5 Å². The molecule has 0 aliphatic carbocycles. The summed E-state index contributed by atoms with van der Waals surface area (Å²) in [5, 5.41) is 1.69. The molecule has 0 aromatic carbocycles. The van der Waals surface area contributed by atoms with Crippen LogP contribution in [0.3, 0.4) is 0 Å². The summed E-state index contributed by atoms with van der Waals surface area (Å²) in [6, 6.07) is 16.7. The van der Waals surface area contributed by atoms with Crippen LogP contribution in [0.5, 0.6) is 0 Å². The van der Waals surface area contributed by atoms with Crippen molar-refractivity contribution in [1.29, 1.82) is 0 Å². The van der Waals surface area contributed by atoms with Crippen LogP contribution < -0.4 is 0 Å². The summed E-state index contributed by atoms with van der Waals surface area (Å²) in [6.45, 7) is 31.5. The number of pyridine rings is 2. The zero-order valence-electron chi connectivity index (χ0n) is 25.7. The zero-order chi connectivity index (χ0) is 27.0. The van der Waals surface area contributed by atoms with E-state index in [1.807, 2.05) is 12.3 Å². The predicted molar refractivity (Wildman–Crippen MR) is 171 cm³/mol. The summed E-state index contributed by atoms with van der Waals surface area (Å²) >= 11 is 0. The molecule has 2 heterocycles. The van der Waals surface area contributed by atoms with Crippen molar-refractivity contribution in [2.45, 2.75) is 103 Å². The minimum atomic E-state index is -1.25. The Hall–Kier alpha value is 0.163. The summed E-state index contributed by atoms with van der Waals surface area (Å²) in [7, 11) is -4.02. The summed E-state index contributed by atoms with van der Waals surface area (Å²) in [6.07, 6.45) is 1.91. The van der Waals surface area contributed by atoms with E-state index < -0.39 is 24.2 Å². The maximum Gasteiger partial charge on any atom is 1.00 e. The molecule has 9 heteroatoms. The van der Waals surface area contributed by atoms with Gasteiger partial charge < -0.3 is 0 Å². The molecule has 0 saturated carbocycles. The third-order valence-corrected chi connectivity index (χ3v) is 17.1. The second kappa shape index (κ2) is 17.1. The molecule has 2 aromatic rings. The van der Waals surface area contributed by atoms with Crippen LogP contribution in [-0.4, -0.2) is 51.8 Å². The summed E-state index contributed by atoms with van der Waals surface area (Å²) in [4.78, 5) is 9.54. The van der Waals surface area contributed by atoms with Crippen LogP contribution >= 0.6 is 0 Å². The average molecular weight is 684 g/mol. The van der Waals surface area contributed by atoms with Crippen LogP contribution in [0.25, 0.3) is 0 Å². The molecule has 0 fully saturated rings. The third-order valence-electron chi connectivity index (χ3n) is 5.44. The number of hydrogen-bond donors (Lipinski definition) is 0. The molecule has 0 saturated heterocycles. The van der Waals surface area contributed by atoms with E-state index in [0.717, 1.165) is 0 Å². The van der Waals surface area contributed by atoms with E-state index in [4.69, 9.17) is 4.98 Å². The monoisotopic (exact) mass is 682 g/mol. The van der Waals surface area contributed by atoms with Gasteiger partial charge in [0.2, 0.25) is 0 Å². The Morgan fingerprint density at radius 2 is 1.16 bits per heavy atom. The van der Waals surface area contributed by atoms with Crippen molar-refractivity contribution in [3.8, 4) is 0 Å². The van der Waals surface area contributed by atoms with Crippen LogP contribution in [0, 0.1) is 11.1 Å². The maximum atomic E-state index is 4.99. The molecule has 0 bridgehead atoms. The summed E-state index contributed by atoms with van der Waals surface area (Å²) in [5.41, 5.74) is 3.84. The van der Waals surface area contributed by atoms with Crippen molar-refractivity contribution in [1.82, 2.24) is 9.97 Å². The first kappa shape index (κ1) is 39.3. The second-order valence-electron chi connectivity index (χ2n) is 13.7. The zero-order valence-corrected chi connectivity index (χ0v) is 32.5. The predicted octanol–water partition coefficient (Wildman–Crippen LogP) is 8.69. The van der Waals surface area contributed by atoms with Crippen LogP contribution in [-0.2, 0) is 40.2 Å². The Bertz CT molecular complexity index is 853. The van der Waals surface area contributed by atoms with Crippen molar-refractivity contribution < 1.29 is 34.1 Å². The van der Waals surface area contributed by atoms with Crippen molar-refractivity contribution in [2.24, 2.45) is 0 Å². The van der Waals surface area contributed by atoms with Gasteiger partial charge in [-0.3, -0.25) is 9.97 Å². The first-order valence-electron chi connectivity index (χ1n) is 13.1. The number of aromatic nitrogens is 2. The van der Waals surface area contributed by atoms with Gasteiger partial charge in [0.25, 0.3) is 0 Å².